The highest BCUT2D eigenvalue weighted by atomic mass is 32.2. The van der Waals surface area contributed by atoms with Gasteiger partial charge in [0, 0.05) is 11.8 Å². The second-order valence-electron chi connectivity index (χ2n) is 8.22. The molecule has 0 bridgehead atoms. The number of rotatable bonds is 7. The van der Waals surface area contributed by atoms with Crippen molar-refractivity contribution in [1.29, 1.82) is 0 Å². The first-order chi connectivity index (χ1) is 17.0. The fourth-order valence-corrected chi connectivity index (χ4v) is 4.84. The minimum Gasteiger partial charge on any atom is -0.462 e. The summed E-state index contributed by atoms with van der Waals surface area (Å²) in [5.74, 6) is -0.810. The molecule has 0 radical (unpaired) electrons. The molecule has 4 aromatic carbocycles. The number of esters is 1. The van der Waals surface area contributed by atoms with Gasteiger partial charge in [-0.1, -0.05) is 60.7 Å². The average Bonchev–Trinajstić information content (AvgIpc) is 2.82. The summed E-state index contributed by atoms with van der Waals surface area (Å²) in [5, 5.41) is 11.4. The van der Waals surface area contributed by atoms with Crippen LogP contribution in [0.5, 0.6) is 0 Å². The van der Waals surface area contributed by atoms with E-state index in [0.717, 1.165) is 11.1 Å². The van der Waals surface area contributed by atoms with Crippen molar-refractivity contribution in [3.05, 3.63) is 89.5 Å². The molecule has 0 aliphatic heterocycles. The molecule has 0 fully saturated rings. The van der Waals surface area contributed by atoms with Crippen LogP contribution in [0.15, 0.2) is 77.7 Å². The summed E-state index contributed by atoms with van der Waals surface area (Å²) in [5.41, 5.74) is 1.78. The van der Waals surface area contributed by atoms with Gasteiger partial charge in [-0.2, -0.15) is 21.6 Å². The summed E-state index contributed by atoms with van der Waals surface area (Å²) in [4.78, 5) is 12.4. The first kappa shape index (κ1) is 25.6. The third-order valence-electron chi connectivity index (χ3n) is 5.87. The topological polar surface area (TPSA) is 101 Å². The van der Waals surface area contributed by atoms with Gasteiger partial charge in [0.2, 0.25) is 0 Å². The van der Waals surface area contributed by atoms with E-state index in [-0.39, 0.29) is 10.5 Å². The molecule has 10 heteroatoms. The largest absolute Gasteiger partial charge is 0.462 e. The molecule has 0 amide bonds. The number of alkyl halides is 3. The van der Waals surface area contributed by atoms with E-state index < -0.39 is 41.4 Å². The fourth-order valence-electron chi connectivity index (χ4n) is 4.13. The second kappa shape index (κ2) is 9.88. The molecule has 0 aliphatic rings. The molecule has 188 valence electrons. The molecule has 0 saturated carbocycles. The summed E-state index contributed by atoms with van der Waals surface area (Å²) in [7, 11) is -4.42. The van der Waals surface area contributed by atoms with E-state index in [1.807, 2.05) is 6.07 Å². The van der Waals surface area contributed by atoms with Gasteiger partial charge in [-0.3, -0.25) is 4.55 Å². The molecule has 1 unspecified atom stereocenters. The Bertz CT molecular complexity index is 1550. The van der Waals surface area contributed by atoms with Crippen molar-refractivity contribution in [3.63, 3.8) is 0 Å². The zero-order chi connectivity index (χ0) is 26.1. The van der Waals surface area contributed by atoms with Gasteiger partial charge in [-0.15, -0.1) is 0 Å². The third-order valence-corrected chi connectivity index (χ3v) is 6.78. The van der Waals surface area contributed by atoms with Gasteiger partial charge in [0.25, 0.3) is 10.1 Å². The summed E-state index contributed by atoms with van der Waals surface area (Å²) in [6, 6.07) is 20.0. The van der Waals surface area contributed by atoms with Crippen LogP contribution >= 0.6 is 0 Å². The Labute approximate surface area is 204 Å². The SMILES string of the molecule is O=C(OCCC(O)C(F)(F)F)c1ccc(Cc2cccc3c(S(=O)(=O)O)cccc23)c2ccccc12. The van der Waals surface area contributed by atoms with E-state index in [0.29, 0.717) is 28.0 Å². The number of benzene rings is 4. The van der Waals surface area contributed by atoms with E-state index in [2.05, 4.69) is 0 Å². The van der Waals surface area contributed by atoms with Gasteiger partial charge in [0.05, 0.1) is 12.2 Å². The number of ether oxygens (including phenoxy) is 1. The monoisotopic (exact) mass is 518 g/mol. The Hall–Kier alpha value is -3.47. The highest BCUT2D eigenvalue weighted by Crippen LogP contribution is 2.30. The first-order valence-corrected chi connectivity index (χ1v) is 12.3. The Morgan fingerprint density at radius 1 is 0.833 bits per heavy atom. The first-order valence-electron chi connectivity index (χ1n) is 10.9. The van der Waals surface area contributed by atoms with Gasteiger partial charge in [0.1, 0.15) is 4.90 Å². The number of hydrogen-bond donors (Lipinski definition) is 2. The number of aliphatic hydroxyl groups excluding tert-OH is 1. The van der Waals surface area contributed by atoms with Crippen molar-refractivity contribution in [3.8, 4) is 0 Å². The highest BCUT2D eigenvalue weighted by Gasteiger charge is 2.37. The van der Waals surface area contributed by atoms with Gasteiger partial charge in [-0.25, -0.2) is 4.79 Å². The van der Waals surface area contributed by atoms with Crippen LogP contribution in [0.25, 0.3) is 21.5 Å². The maximum Gasteiger partial charge on any atom is 0.414 e. The van der Waals surface area contributed by atoms with E-state index in [1.165, 1.54) is 12.1 Å². The van der Waals surface area contributed by atoms with Gasteiger partial charge in [-0.05, 0) is 45.8 Å². The molecule has 6 nitrogen and oxygen atoms in total. The van der Waals surface area contributed by atoms with Crippen molar-refractivity contribution < 1.29 is 40.8 Å². The maximum atomic E-state index is 12.6. The van der Waals surface area contributed by atoms with Crippen molar-refractivity contribution in [2.75, 3.05) is 6.61 Å². The number of carbonyl (C=O) groups excluding carboxylic acids is 1. The molecular formula is C26H21F3O6S. The zero-order valence-electron chi connectivity index (χ0n) is 18.7. The summed E-state index contributed by atoms with van der Waals surface area (Å²) < 4.78 is 75.6. The predicted molar refractivity (Wildman–Crippen MR) is 127 cm³/mol. The predicted octanol–water partition coefficient (Wildman–Crippen LogP) is 5.30. The number of fused-ring (bicyclic) bond motifs is 2. The standard InChI is InChI=1S/C26H21F3O6S/c27-26(28,29)24(30)13-14-35-25(31)22-12-11-17(18-6-1-2-7-20(18)22)15-16-5-3-9-21-19(16)8-4-10-23(21)36(32,33)34/h1-12,24,30H,13-15H2,(H,32,33,34). The van der Waals surface area contributed by atoms with Crippen molar-refractivity contribution in [2.45, 2.75) is 30.0 Å². The van der Waals surface area contributed by atoms with Crippen LogP contribution < -0.4 is 0 Å². The molecule has 4 aromatic rings. The number of carbonyl (C=O) groups is 1. The smallest absolute Gasteiger partial charge is 0.414 e. The van der Waals surface area contributed by atoms with Gasteiger partial charge < -0.3 is 9.84 Å². The Morgan fingerprint density at radius 3 is 2.11 bits per heavy atom. The molecular weight excluding hydrogens is 497 g/mol. The van der Waals surface area contributed by atoms with Gasteiger partial charge >= 0.3 is 12.1 Å². The van der Waals surface area contributed by atoms with Crippen LogP contribution in [-0.4, -0.2) is 42.9 Å². The van der Waals surface area contributed by atoms with Crippen LogP contribution in [0.3, 0.4) is 0 Å². The Kier molecular flexibility index (Phi) is 7.03. The Morgan fingerprint density at radius 2 is 1.42 bits per heavy atom. The summed E-state index contributed by atoms with van der Waals surface area (Å²) in [6.45, 7) is -0.596. The minimum atomic E-state index is -4.79. The number of hydrogen-bond acceptors (Lipinski definition) is 5. The van der Waals surface area contributed by atoms with E-state index in [1.54, 1.807) is 54.6 Å². The Balaban J connectivity index is 1.66. The van der Waals surface area contributed by atoms with Crippen molar-refractivity contribution in [1.82, 2.24) is 0 Å². The molecule has 0 heterocycles. The normalized spacial score (nSPS) is 13.1. The molecule has 0 aromatic heterocycles. The van der Waals surface area contributed by atoms with Crippen molar-refractivity contribution >= 4 is 37.6 Å². The molecule has 36 heavy (non-hydrogen) atoms. The van der Waals surface area contributed by atoms with Crippen LogP contribution in [0.2, 0.25) is 0 Å². The molecule has 0 aliphatic carbocycles. The molecule has 0 saturated heterocycles. The molecule has 2 N–H and O–H groups in total. The van der Waals surface area contributed by atoms with E-state index in [4.69, 9.17) is 9.84 Å². The number of aliphatic hydroxyl groups is 1. The van der Waals surface area contributed by atoms with Gasteiger partial charge in [0.15, 0.2) is 6.10 Å². The quantitative estimate of drug-likeness (QED) is 0.254. The number of halogens is 3. The summed E-state index contributed by atoms with van der Waals surface area (Å²) in [6.07, 6.45) is -7.76. The molecule has 0 spiro atoms. The van der Waals surface area contributed by atoms with Crippen LogP contribution in [-0.2, 0) is 21.3 Å². The lowest BCUT2D eigenvalue weighted by Gasteiger charge is -2.15. The lowest BCUT2D eigenvalue weighted by molar-refractivity contribution is -0.207. The molecule has 4 rings (SSSR count). The second-order valence-corrected chi connectivity index (χ2v) is 9.61. The van der Waals surface area contributed by atoms with Crippen LogP contribution in [0.1, 0.15) is 27.9 Å². The average molecular weight is 519 g/mol. The minimum absolute atomic E-state index is 0.169. The van der Waals surface area contributed by atoms with E-state index >= 15 is 0 Å². The molecule has 1 atom stereocenters. The van der Waals surface area contributed by atoms with Crippen molar-refractivity contribution in [2.24, 2.45) is 0 Å². The van der Waals surface area contributed by atoms with E-state index in [9.17, 15) is 30.9 Å². The fraction of sp³-hybridized carbons (Fsp3) is 0.192. The lowest BCUT2D eigenvalue weighted by Crippen LogP contribution is -2.30. The highest BCUT2D eigenvalue weighted by molar-refractivity contribution is 7.86. The third kappa shape index (κ3) is 5.35. The maximum absolute atomic E-state index is 12.6. The summed E-state index contributed by atoms with van der Waals surface area (Å²) >= 11 is 0. The lowest BCUT2D eigenvalue weighted by atomic mass is 9.93. The van der Waals surface area contributed by atoms with Crippen LogP contribution in [0, 0.1) is 0 Å². The zero-order valence-corrected chi connectivity index (χ0v) is 19.5. The van der Waals surface area contributed by atoms with Crippen LogP contribution in [0.4, 0.5) is 13.2 Å².